The van der Waals surface area contributed by atoms with E-state index in [2.05, 4.69) is 15.3 Å². The number of carbonyl (C=O) groups is 1. The summed E-state index contributed by atoms with van der Waals surface area (Å²) in [6.45, 7) is 2.26. The third-order valence-electron chi connectivity index (χ3n) is 2.44. The number of pyridine rings is 2. The van der Waals surface area contributed by atoms with Crippen molar-refractivity contribution in [2.45, 2.75) is 13.5 Å². The maximum Gasteiger partial charge on any atom is 0.251 e. The number of aromatic nitrogens is 2. The quantitative estimate of drug-likeness (QED) is 0.850. The normalized spacial score (nSPS) is 10.1. The van der Waals surface area contributed by atoms with Gasteiger partial charge in [0, 0.05) is 30.2 Å². The van der Waals surface area contributed by atoms with Crippen molar-refractivity contribution in [1.82, 2.24) is 15.3 Å². The number of anilines is 1. The van der Waals surface area contributed by atoms with Crippen molar-refractivity contribution in [2.75, 3.05) is 5.73 Å². The van der Waals surface area contributed by atoms with Crippen molar-refractivity contribution in [2.24, 2.45) is 0 Å². The molecule has 2 aromatic heterocycles. The summed E-state index contributed by atoms with van der Waals surface area (Å²) in [6.07, 6.45) is 3.38. The number of carbonyl (C=O) groups excluding carboxylic acids is 1. The molecule has 0 unspecified atom stereocenters. The van der Waals surface area contributed by atoms with Gasteiger partial charge < -0.3 is 11.1 Å². The van der Waals surface area contributed by atoms with Crippen LogP contribution in [0.5, 0.6) is 0 Å². The number of nitrogen functional groups attached to an aromatic ring is 1. The van der Waals surface area contributed by atoms with Gasteiger partial charge in [0.1, 0.15) is 5.82 Å². The van der Waals surface area contributed by atoms with Gasteiger partial charge in [-0.15, -0.1) is 0 Å². The second-order valence-corrected chi connectivity index (χ2v) is 3.96. The Morgan fingerprint density at radius 3 is 2.72 bits per heavy atom. The van der Waals surface area contributed by atoms with Crippen LogP contribution in [0.3, 0.4) is 0 Å². The van der Waals surface area contributed by atoms with Gasteiger partial charge >= 0.3 is 0 Å². The fraction of sp³-hybridized carbons (Fsp3) is 0.154. The van der Waals surface area contributed by atoms with Crippen LogP contribution >= 0.6 is 0 Å². The highest BCUT2D eigenvalue weighted by atomic mass is 16.1. The number of hydrogen-bond donors (Lipinski definition) is 2. The lowest BCUT2D eigenvalue weighted by atomic mass is 10.2. The molecule has 0 aromatic carbocycles. The summed E-state index contributed by atoms with van der Waals surface area (Å²) in [5, 5.41) is 2.82. The molecule has 0 saturated heterocycles. The molecule has 0 aliphatic carbocycles. The van der Waals surface area contributed by atoms with E-state index in [0.717, 1.165) is 11.3 Å². The van der Waals surface area contributed by atoms with Crippen molar-refractivity contribution in [1.29, 1.82) is 0 Å². The van der Waals surface area contributed by atoms with Crippen LogP contribution < -0.4 is 11.1 Å². The molecule has 0 aliphatic rings. The number of amides is 1. The standard InChI is InChI=1S/C13H14N4O/c1-9-6-11(7-12(14)17-9)13(18)16-8-10-2-4-15-5-3-10/h2-7H,8H2,1H3,(H2,14,17)(H,16,18). The summed E-state index contributed by atoms with van der Waals surface area (Å²) >= 11 is 0. The Bertz CT molecular complexity index is 534. The van der Waals surface area contributed by atoms with E-state index in [1.165, 1.54) is 0 Å². The van der Waals surface area contributed by atoms with E-state index in [1.807, 2.05) is 12.1 Å². The van der Waals surface area contributed by atoms with E-state index in [4.69, 9.17) is 5.73 Å². The number of rotatable bonds is 3. The van der Waals surface area contributed by atoms with E-state index in [1.54, 1.807) is 31.5 Å². The van der Waals surface area contributed by atoms with Gasteiger partial charge in [0.15, 0.2) is 0 Å². The molecule has 5 heteroatoms. The van der Waals surface area contributed by atoms with Crippen molar-refractivity contribution in [3.63, 3.8) is 0 Å². The lowest BCUT2D eigenvalue weighted by Crippen LogP contribution is -2.23. The molecule has 18 heavy (non-hydrogen) atoms. The Morgan fingerprint density at radius 2 is 2.06 bits per heavy atom. The molecule has 2 aromatic rings. The van der Waals surface area contributed by atoms with Gasteiger partial charge in [-0.25, -0.2) is 4.98 Å². The van der Waals surface area contributed by atoms with E-state index in [0.29, 0.717) is 17.9 Å². The minimum absolute atomic E-state index is 0.163. The molecular formula is C13H14N4O. The zero-order valence-electron chi connectivity index (χ0n) is 10.1. The van der Waals surface area contributed by atoms with Crippen LogP contribution in [-0.4, -0.2) is 15.9 Å². The van der Waals surface area contributed by atoms with Crippen molar-refractivity contribution < 1.29 is 4.79 Å². The monoisotopic (exact) mass is 242 g/mol. The van der Waals surface area contributed by atoms with E-state index in [-0.39, 0.29) is 5.91 Å². The Balaban J connectivity index is 2.04. The highest BCUT2D eigenvalue weighted by molar-refractivity contribution is 5.94. The highest BCUT2D eigenvalue weighted by Gasteiger charge is 2.07. The second-order valence-electron chi connectivity index (χ2n) is 3.96. The molecule has 0 spiro atoms. The van der Waals surface area contributed by atoms with Crippen LogP contribution in [0.1, 0.15) is 21.6 Å². The SMILES string of the molecule is Cc1cc(C(=O)NCc2ccncc2)cc(N)n1. The second kappa shape index (κ2) is 5.27. The molecule has 0 atom stereocenters. The molecule has 0 saturated carbocycles. The first-order valence-corrected chi connectivity index (χ1v) is 5.56. The van der Waals surface area contributed by atoms with Gasteiger partial charge in [-0.2, -0.15) is 0 Å². The fourth-order valence-electron chi connectivity index (χ4n) is 1.61. The predicted molar refractivity (Wildman–Crippen MR) is 68.8 cm³/mol. The first-order chi connectivity index (χ1) is 8.65. The summed E-state index contributed by atoms with van der Waals surface area (Å²) in [6, 6.07) is 6.98. The summed E-state index contributed by atoms with van der Waals surface area (Å²) in [7, 11) is 0. The molecule has 0 fully saturated rings. The Hall–Kier alpha value is -2.43. The fourth-order valence-corrected chi connectivity index (χ4v) is 1.61. The Kier molecular flexibility index (Phi) is 3.52. The topological polar surface area (TPSA) is 80.9 Å². The highest BCUT2D eigenvalue weighted by Crippen LogP contribution is 2.07. The van der Waals surface area contributed by atoms with Gasteiger partial charge in [0.05, 0.1) is 0 Å². The van der Waals surface area contributed by atoms with E-state index >= 15 is 0 Å². The van der Waals surface area contributed by atoms with Crippen LogP contribution in [0.25, 0.3) is 0 Å². The summed E-state index contributed by atoms with van der Waals surface area (Å²) < 4.78 is 0. The van der Waals surface area contributed by atoms with E-state index in [9.17, 15) is 4.79 Å². The maximum atomic E-state index is 11.9. The van der Waals surface area contributed by atoms with Crippen LogP contribution in [0.4, 0.5) is 5.82 Å². The first-order valence-electron chi connectivity index (χ1n) is 5.56. The summed E-state index contributed by atoms with van der Waals surface area (Å²) in [4.78, 5) is 19.9. The average molecular weight is 242 g/mol. The molecule has 92 valence electrons. The van der Waals surface area contributed by atoms with Crippen LogP contribution in [0.15, 0.2) is 36.7 Å². The molecule has 0 radical (unpaired) electrons. The Morgan fingerprint density at radius 1 is 1.33 bits per heavy atom. The third-order valence-corrected chi connectivity index (χ3v) is 2.44. The molecule has 5 nitrogen and oxygen atoms in total. The molecular weight excluding hydrogens is 228 g/mol. The number of aryl methyl sites for hydroxylation is 1. The zero-order valence-corrected chi connectivity index (χ0v) is 10.1. The van der Waals surface area contributed by atoms with Crippen molar-refractivity contribution in [3.8, 4) is 0 Å². The third kappa shape index (κ3) is 3.04. The van der Waals surface area contributed by atoms with Gasteiger partial charge in [-0.05, 0) is 36.8 Å². The van der Waals surface area contributed by atoms with Gasteiger partial charge in [-0.3, -0.25) is 9.78 Å². The first kappa shape index (κ1) is 12.0. The lowest BCUT2D eigenvalue weighted by molar-refractivity contribution is 0.0950. The van der Waals surface area contributed by atoms with Crippen molar-refractivity contribution in [3.05, 3.63) is 53.5 Å². The predicted octanol–water partition coefficient (Wildman–Crippen LogP) is 1.30. The number of nitrogens with one attached hydrogen (secondary N) is 1. The maximum absolute atomic E-state index is 11.9. The molecule has 1 amide bonds. The number of nitrogens with two attached hydrogens (primary N) is 1. The smallest absolute Gasteiger partial charge is 0.251 e. The summed E-state index contributed by atoms with van der Waals surface area (Å²) in [5.41, 5.74) is 7.85. The van der Waals surface area contributed by atoms with E-state index < -0.39 is 0 Å². The van der Waals surface area contributed by atoms with Crippen LogP contribution in [0.2, 0.25) is 0 Å². The Labute approximate surface area is 105 Å². The minimum Gasteiger partial charge on any atom is -0.384 e. The van der Waals surface area contributed by atoms with Crippen LogP contribution in [0, 0.1) is 6.92 Å². The molecule has 3 N–H and O–H groups in total. The summed E-state index contributed by atoms with van der Waals surface area (Å²) in [5.74, 6) is 0.188. The lowest BCUT2D eigenvalue weighted by Gasteiger charge is -2.06. The number of nitrogens with zero attached hydrogens (tertiary/aromatic N) is 2. The molecule has 2 rings (SSSR count). The molecule has 2 heterocycles. The van der Waals surface area contributed by atoms with Gasteiger partial charge in [0.25, 0.3) is 5.91 Å². The number of hydrogen-bond acceptors (Lipinski definition) is 4. The van der Waals surface area contributed by atoms with Gasteiger partial charge in [0.2, 0.25) is 0 Å². The van der Waals surface area contributed by atoms with Crippen molar-refractivity contribution >= 4 is 11.7 Å². The molecule has 0 bridgehead atoms. The van der Waals surface area contributed by atoms with Gasteiger partial charge in [-0.1, -0.05) is 0 Å². The largest absolute Gasteiger partial charge is 0.384 e. The van der Waals surface area contributed by atoms with Crippen LogP contribution in [-0.2, 0) is 6.54 Å². The minimum atomic E-state index is -0.163. The molecule has 0 aliphatic heterocycles. The zero-order chi connectivity index (χ0) is 13.0. The average Bonchev–Trinajstić information content (AvgIpc) is 2.36.